The Kier molecular flexibility index (Phi) is 3.38. The summed E-state index contributed by atoms with van der Waals surface area (Å²) in [7, 11) is 0. The number of fused-ring (bicyclic) bond motifs is 1. The van der Waals surface area contributed by atoms with Gasteiger partial charge in [-0.15, -0.1) is 0 Å². The quantitative estimate of drug-likeness (QED) is 0.605. The van der Waals surface area contributed by atoms with Gasteiger partial charge in [-0.2, -0.15) is 0 Å². The summed E-state index contributed by atoms with van der Waals surface area (Å²) in [5, 5.41) is 4.09. The fourth-order valence-corrected chi connectivity index (χ4v) is 3.31. The normalized spacial score (nSPS) is 13.8. The number of nitrogens with one attached hydrogen (secondary N) is 1. The van der Waals surface area contributed by atoms with Crippen molar-refractivity contribution in [1.82, 2.24) is 14.1 Å². The number of amides is 1. The van der Waals surface area contributed by atoms with Crippen molar-refractivity contribution in [3.8, 4) is 11.4 Å². The van der Waals surface area contributed by atoms with Crippen LogP contribution in [0.4, 0.5) is 5.82 Å². The summed E-state index contributed by atoms with van der Waals surface area (Å²) < 4.78 is 4.23. The summed E-state index contributed by atoms with van der Waals surface area (Å²) in [6.07, 6.45) is 9.85. The van der Waals surface area contributed by atoms with Crippen molar-refractivity contribution in [2.75, 3.05) is 5.32 Å². The molecule has 0 bridgehead atoms. The zero-order valence-corrected chi connectivity index (χ0v) is 14.2. The molecule has 1 aliphatic carbocycles. The lowest BCUT2D eigenvalue weighted by molar-refractivity contribution is -0.117. The van der Waals surface area contributed by atoms with Crippen LogP contribution in [0, 0.1) is 5.92 Å². The van der Waals surface area contributed by atoms with Gasteiger partial charge in [-0.05, 0) is 49.2 Å². The number of rotatable bonds is 4. The highest BCUT2D eigenvalue weighted by Gasteiger charge is 2.29. The van der Waals surface area contributed by atoms with E-state index in [1.807, 2.05) is 36.7 Å². The third kappa shape index (κ3) is 2.58. The van der Waals surface area contributed by atoms with Gasteiger partial charge >= 0.3 is 0 Å². The minimum atomic E-state index is 0.0712. The third-order valence-corrected chi connectivity index (χ3v) is 4.81. The molecule has 26 heavy (non-hydrogen) atoms. The van der Waals surface area contributed by atoms with Gasteiger partial charge in [-0.25, -0.2) is 4.98 Å². The van der Waals surface area contributed by atoms with Crippen LogP contribution in [-0.4, -0.2) is 20.0 Å². The Labute approximate surface area is 150 Å². The molecule has 1 N–H and O–H groups in total. The van der Waals surface area contributed by atoms with Crippen molar-refractivity contribution in [3.63, 3.8) is 0 Å². The lowest BCUT2D eigenvalue weighted by Crippen LogP contribution is -2.14. The van der Waals surface area contributed by atoms with Gasteiger partial charge in [0, 0.05) is 42.2 Å². The fraction of sp³-hybridized carbons (Fsp3) is 0.143. The maximum Gasteiger partial charge on any atom is 0.228 e. The smallest absolute Gasteiger partial charge is 0.228 e. The first-order chi connectivity index (χ1) is 12.8. The van der Waals surface area contributed by atoms with Gasteiger partial charge < -0.3 is 14.5 Å². The van der Waals surface area contributed by atoms with Gasteiger partial charge in [0.05, 0.1) is 16.9 Å². The molecule has 128 valence electrons. The zero-order chi connectivity index (χ0) is 17.5. The maximum absolute atomic E-state index is 12.0. The van der Waals surface area contributed by atoms with E-state index in [9.17, 15) is 4.79 Å². The number of carbonyl (C=O) groups is 1. The van der Waals surface area contributed by atoms with Crippen molar-refractivity contribution in [1.29, 1.82) is 0 Å². The molecule has 1 saturated carbocycles. The number of hydrogen-bond donors (Lipinski definition) is 1. The van der Waals surface area contributed by atoms with E-state index in [-0.39, 0.29) is 11.8 Å². The minimum absolute atomic E-state index is 0.0712. The Bertz CT molecular complexity index is 1090. The highest BCUT2D eigenvalue weighted by molar-refractivity contribution is 5.93. The topological polar surface area (TPSA) is 51.9 Å². The van der Waals surface area contributed by atoms with Gasteiger partial charge in [-0.3, -0.25) is 4.79 Å². The van der Waals surface area contributed by atoms with E-state index in [0.29, 0.717) is 5.82 Å². The monoisotopic (exact) mass is 342 g/mol. The molecule has 1 amide bonds. The molecule has 1 aromatic carbocycles. The summed E-state index contributed by atoms with van der Waals surface area (Å²) in [6, 6.07) is 16.3. The van der Waals surface area contributed by atoms with E-state index < -0.39 is 0 Å². The summed E-state index contributed by atoms with van der Waals surface area (Å²) in [4.78, 5) is 16.3. The molecule has 0 saturated heterocycles. The molecule has 0 radical (unpaired) electrons. The van der Waals surface area contributed by atoms with Crippen LogP contribution in [0.1, 0.15) is 12.8 Å². The van der Waals surface area contributed by atoms with Crippen molar-refractivity contribution < 1.29 is 4.79 Å². The second kappa shape index (κ2) is 5.88. The predicted molar refractivity (Wildman–Crippen MR) is 102 cm³/mol. The van der Waals surface area contributed by atoms with E-state index in [0.717, 1.165) is 29.7 Å². The molecule has 5 rings (SSSR count). The van der Waals surface area contributed by atoms with Crippen LogP contribution in [0.25, 0.3) is 22.3 Å². The Morgan fingerprint density at radius 1 is 1.04 bits per heavy atom. The van der Waals surface area contributed by atoms with Crippen LogP contribution in [0.2, 0.25) is 0 Å². The standard InChI is InChI=1S/C21H18N4O/c26-21(15-6-7-15)23-20-14-16(8-10-22-20)25-13-9-17-18(4-3-5-19(17)25)24-11-1-2-12-24/h1-5,8-15H,6-7H2,(H,22,23,26). The predicted octanol–water partition coefficient (Wildman–Crippen LogP) is 4.16. The lowest BCUT2D eigenvalue weighted by Gasteiger charge is -2.10. The number of benzene rings is 1. The number of aromatic nitrogens is 3. The minimum Gasteiger partial charge on any atom is -0.323 e. The van der Waals surface area contributed by atoms with E-state index in [1.165, 1.54) is 5.39 Å². The van der Waals surface area contributed by atoms with Crippen LogP contribution in [-0.2, 0) is 4.79 Å². The maximum atomic E-state index is 12.0. The third-order valence-electron chi connectivity index (χ3n) is 4.81. The molecule has 3 aromatic heterocycles. The van der Waals surface area contributed by atoms with E-state index in [4.69, 9.17) is 0 Å². The largest absolute Gasteiger partial charge is 0.323 e. The Balaban J connectivity index is 1.55. The Morgan fingerprint density at radius 3 is 2.69 bits per heavy atom. The van der Waals surface area contributed by atoms with Crippen LogP contribution in [0.15, 0.2) is 73.3 Å². The molecule has 0 spiro atoms. The lowest BCUT2D eigenvalue weighted by atomic mass is 10.2. The molecule has 0 unspecified atom stereocenters. The Morgan fingerprint density at radius 2 is 1.88 bits per heavy atom. The average Bonchev–Trinajstić information content (AvgIpc) is 3.20. The Hall–Kier alpha value is -3.34. The molecular formula is C21H18N4O. The van der Waals surface area contributed by atoms with Crippen molar-refractivity contribution in [2.24, 2.45) is 5.92 Å². The first-order valence-electron chi connectivity index (χ1n) is 8.80. The second-order valence-electron chi connectivity index (χ2n) is 6.65. The summed E-state index contributed by atoms with van der Waals surface area (Å²) in [6.45, 7) is 0. The summed E-state index contributed by atoms with van der Waals surface area (Å²) in [5.74, 6) is 0.835. The average molecular weight is 342 g/mol. The molecule has 0 atom stereocenters. The van der Waals surface area contributed by atoms with E-state index >= 15 is 0 Å². The van der Waals surface area contributed by atoms with Gasteiger partial charge in [0.25, 0.3) is 0 Å². The molecular weight excluding hydrogens is 324 g/mol. The zero-order valence-electron chi connectivity index (χ0n) is 14.2. The van der Waals surface area contributed by atoms with Crippen LogP contribution in [0.3, 0.4) is 0 Å². The van der Waals surface area contributed by atoms with Crippen LogP contribution >= 0.6 is 0 Å². The van der Waals surface area contributed by atoms with E-state index in [2.05, 4.69) is 49.9 Å². The second-order valence-corrected chi connectivity index (χ2v) is 6.65. The van der Waals surface area contributed by atoms with Crippen molar-refractivity contribution >= 4 is 22.6 Å². The fourth-order valence-electron chi connectivity index (χ4n) is 3.31. The number of anilines is 1. The molecule has 5 nitrogen and oxygen atoms in total. The van der Waals surface area contributed by atoms with Crippen LogP contribution < -0.4 is 5.32 Å². The number of hydrogen-bond acceptors (Lipinski definition) is 2. The molecule has 4 aromatic rings. The summed E-state index contributed by atoms with van der Waals surface area (Å²) >= 11 is 0. The SMILES string of the molecule is O=C(Nc1cc(-n2ccc3c(-n4cccc4)cccc32)ccn1)C1CC1. The van der Waals surface area contributed by atoms with Gasteiger partial charge in [0.1, 0.15) is 5.82 Å². The molecule has 1 fully saturated rings. The number of nitrogens with zero attached hydrogens (tertiary/aromatic N) is 3. The van der Waals surface area contributed by atoms with Crippen molar-refractivity contribution in [3.05, 3.63) is 73.3 Å². The number of pyridine rings is 1. The molecule has 0 aliphatic heterocycles. The van der Waals surface area contributed by atoms with Gasteiger partial charge in [0.2, 0.25) is 5.91 Å². The first kappa shape index (κ1) is 15.0. The van der Waals surface area contributed by atoms with E-state index in [1.54, 1.807) is 6.20 Å². The highest BCUT2D eigenvalue weighted by atomic mass is 16.2. The van der Waals surface area contributed by atoms with Crippen molar-refractivity contribution in [2.45, 2.75) is 12.8 Å². The van der Waals surface area contributed by atoms with Gasteiger partial charge in [0.15, 0.2) is 0 Å². The summed E-state index contributed by atoms with van der Waals surface area (Å²) in [5.41, 5.74) is 3.23. The van der Waals surface area contributed by atoms with Gasteiger partial charge in [-0.1, -0.05) is 6.07 Å². The number of carbonyl (C=O) groups excluding carboxylic acids is 1. The van der Waals surface area contributed by atoms with Crippen LogP contribution in [0.5, 0.6) is 0 Å². The molecule has 5 heteroatoms. The molecule has 1 aliphatic rings. The highest BCUT2D eigenvalue weighted by Crippen LogP contribution is 2.30. The molecule has 3 heterocycles. The first-order valence-corrected chi connectivity index (χ1v) is 8.80.